The van der Waals surface area contributed by atoms with Crippen molar-refractivity contribution >= 4 is 34.8 Å². The average molecular weight is 547 g/mol. The standard InChI is InChI=1S/C27H24ClFN8O2/c28-22-8-20-25(31-19(13-37(20)36-22)16-3-1-2-14(6-16)12-30)32-23-7-18(34-35-23)17-4-5-21(24(17)29)39-26(38)33-27-9-15(10-27)11-27/h1-3,6-8,13,15,17,21,24H,4-5,9-11H2,(H,33,38)(H2,31,32,34,35)/t15?,17-,21-,24+,27?/m0/s1. The maximum absolute atomic E-state index is 15.4. The lowest BCUT2D eigenvalue weighted by atomic mass is 9.50. The van der Waals surface area contributed by atoms with Crippen molar-refractivity contribution in [2.24, 2.45) is 5.92 Å². The number of carbonyl (C=O) groups is 1. The van der Waals surface area contributed by atoms with E-state index in [2.05, 4.69) is 32.0 Å². The number of hydrogen-bond donors (Lipinski definition) is 3. The summed E-state index contributed by atoms with van der Waals surface area (Å²) < 4.78 is 22.4. The Kier molecular flexibility index (Phi) is 5.49. The number of aromatic amines is 1. The molecule has 4 aromatic rings. The number of ether oxygens (including phenoxy) is 1. The highest BCUT2D eigenvalue weighted by Crippen LogP contribution is 2.57. The van der Waals surface area contributed by atoms with Crippen molar-refractivity contribution in [1.82, 2.24) is 30.1 Å². The van der Waals surface area contributed by atoms with Crippen molar-refractivity contribution < 1.29 is 13.9 Å². The van der Waals surface area contributed by atoms with Gasteiger partial charge in [0.1, 0.15) is 17.8 Å². The van der Waals surface area contributed by atoms with E-state index in [4.69, 9.17) is 21.3 Å². The lowest BCUT2D eigenvalue weighted by Crippen LogP contribution is -2.68. The van der Waals surface area contributed by atoms with E-state index in [9.17, 15) is 10.1 Å². The van der Waals surface area contributed by atoms with Gasteiger partial charge in [-0.25, -0.2) is 18.7 Å². The third kappa shape index (κ3) is 4.25. The Morgan fingerprint density at radius 1 is 1.26 bits per heavy atom. The highest BCUT2D eigenvalue weighted by molar-refractivity contribution is 6.29. The Bertz CT molecular complexity index is 1630. The zero-order chi connectivity index (χ0) is 26.7. The minimum absolute atomic E-state index is 0.107. The molecule has 8 rings (SSSR count). The summed E-state index contributed by atoms with van der Waals surface area (Å²) in [5.41, 5.74) is 2.95. The molecule has 12 heteroatoms. The summed E-state index contributed by atoms with van der Waals surface area (Å²) in [7, 11) is 0. The minimum atomic E-state index is -1.34. The Hall–Kier alpha value is -4.17. The summed E-state index contributed by atoms with van der Waals surface area (Å²) in [6.07, 6.45) is 3.04. The number of aromatic nitrogens is 5. The molecule has 0 unspecified atom stereocenters. The number of carbonyl (C=O) groups excluding carboxylic acids is 1. The molecular formula is C27H24ClFN8O2. The van der Waals surface area contributed by atoms with E-state index < -0.39 is 24.3 Å². The average Bonchev–Trinajstić information content (AvgIpc) is 3.59. The largest absolute Gasteiger partial charge is 0.443 e. The van der Waals surface area contributed by atoms with Crippen LogP contribution in [0, 0.1) is 17.2 Å². The number of rotatable bonds is 6. The fourth-order valence-electron chi connectivity index (χ4n) is 6.04. The summed E-state index contributed by atoms with van der Waals surface area (Å²) >= 11 is 6.17. The second-order valence-electron chi connectivity index (χ2n) is 10.8. The van der Waals surface area contributed by atoms with Gasteiger partial charge in [-0.15, -0.1) is 0 Å². The highest BCUT2D eigenvalue weighted by atomic mass is 35.5. The molecule has 4 fully saturated rings. The molecule has 4 saturated carbocycles. The first-order valence-electron chi connectivity index (χ1n) is 12.9. The number of alkyl halides is 1. The fourth-order valence-corrected chi connectivity index (χ4v) is 6.23. The number of H-pyrrole nitrogens is 1. The van der Waals surface area contributed by atoms with Gasteiger partial charge in [0, 0.05) is 34.8 Å². The van der Waals surface area contributed by atoms with Crippen LogP contribution in [0.3, 0.4) is 0 Å². The van der Waals surface area contributed by atoms with Gasteiger partial charge in [-0.1, -0.05) is 23.7 Å². The zero-order valence-electron chi connectivity index (χ0n) is 20.7. The number of hydrogen-bond acceptors (Lipinski definition) is 7. The SMILES string of the molecule is N#Cc1cccc(-c2cn3nc(Cl)cc3c(Nc3cc([C@@H]4CC[C@H](OC(=O)NC56CC(C5)C6)[C@@H]4F)[nH]n3)n2)c1. The smallest absolute Gasteiger partial charge is 0.407 e. The number of fused-ring (bicyclic) bond motifs is 1. The van der Waals surface area contributed by atoms with Crippen LogP contribution in [0.5, 0.6) is 0 Å². The van der Waals surface area contributed by atoms with Gasteiger partial charge >= 0.3 is 6.09 Å². The first-order valence-corrected chi connectivity index (χ1v) is 13.3. The molecule has 0 radical (unpaired) electrons. The molecular weight excluding hydrogens is 523 g/mol. The van der Waals surface area contributed by atoms with Crippen molar-refractivity contribution in [3.8, 4) is 17.3 Å². The number of halogens is 2. The Morgan fingerprint density at radius 3 is 2.87 bits per heavy atom. The lowest BCUT2D eigenvalue weighted by Gasteiger charge is -2.61. The Morgan fingerprint density at radius 2 is 2.10 bits per heavy atom. The summed E-state index contributed by atoms with van der Waals surface area (Å²) in [4.78, 5) is 17.1. The molecule has 39 heavy (non-hydrogen) atoms. The van der Waals surface area contributed by atoms with Gasteiger partial charge in [0.05, 0.1) is 23.5 Å². The molecule has 4 aliphatic rings. The predicted octanol–water partition coefficient (Wildman–Crippen LogP) is 5.25. The highest BCUT2D eigenvalue weighted by Gasteiger charge is 2.58. The second kappa shape index (κ2) is 8.95. The quantitative estimate of drug-likeness (QED) is 0.301. The van der Waals surface area contributed by atoms with Crippen LogP contribution in [0.1, 0.15) is 49.3 Å². The molecule has 1 amide bonds. The third-order valence-electron chi connectivity index (χ3n) is 8.12. The monoisotopic (exact) mass is 546 g/mol. The summed E-state index contributed by atoms with van der Waals surface area (Å²) in [5.74, 6) is 1.14. The molecule has 0 aliphatic heterocycles. The van der Waals surface area contributed by atoms with Crippen molar-refractivity contribution in [3.05, 3.63) is 59.0 Å². The van der Waals surface area contributed by atoms with Crippen LogP contribution in [0.25, 0.3) is 16.8 Å². The normalized spacial score (nSPS) is 26.9. The van der Waals surface area contributed by atoms with Crippen molar-refractivity contribution in [2.75, 3.05) is 5.32 Å². The summed E-state index contributed by atoms with van der Waals surface area (Å²) in [6.45, 7) is 0. The summed E-state index contributed by atoms with van der Waals surface area (Å²) in [6, 6.07) is 12.6. The molecule has 4 aliphatic carbocycles. The van der Waals surface area contributed by atoms with Gasteiger partial charge in [0.25, 0.3) is 0 Å². The molecule has 0 saturated heterocycles. The Balaban J connectivity index is 1.08. The number of nitrogens with one attached hydrogen (secondary N) is 3. The molecule has 3 aromatic heterocycles. The number of amides is 1. The molecule has 3 heterocycles. The number of alkyl carbamates (subject to hydrolysis) is 1. The Labute approximate surface area is 227 Å². The predicted molar refractivity (Wildman–Crippen MR) is 140 cm³/mol. The number of anilines is 2. The van der Waals surface area contributed by atoms with Crippen LogP contribution in [0.15, 0.2) is 42.6 Å². The topological polar surface area (TPSA) is 133 Å². The summed E-state index contributed by atoms with van der Waals surface area (Å²) in [5, 5.41) is 27.2. The molecule has 10 nitrogen and oxygen atoms in total. The van der Waals surface area contributed by atoms with Crippen LogP contribution in [-0.4, -0.2) is 48.7 Å². The third-order valence-corrected chi connectivity index (χ3v) is 8.31. The number of nitrogens with zero attached hydrogens (tertiary/aromatic N) is 5. The first kappa shape index (κ1) is 23.9. The van der Waals surface area contributed by atoms with Gasteiger partial charge < -0.3 is 15.4 Å². The van der Waals surface area contributed by atoms with E-state index >= 15 is 4.39 Å². The van der Waals surface area contributed by atoms with Crippen LogP contribution >= 0.6 is 11.6 Å². The number of benzene rings is 1. The molecule has 3 atom stereocenters. The van der Waals surface area contributed by atoms with E-state index in [1.807, 2.05) is 6.07 Å². The van der Waals surface area contributed by atoms with Crippen LogP contribution < -0.4 is 10.6 Å². The van der Waals surface area contributed by atoms with E-state index in [-0.39, 0.29) is 5.54 Å². The van der Waals surface area contributed by atoms with E-state index in [0.717, 1.165) is 30.7 Å². The van der Waals surface area contributed by atoms with Crippen molar-refractivity contribution in [3.63, 3.8) is 0 Å². The molecule has 2 bridgehead atoms. The molecule has 3 N–H and O–H groups in total. The fraction of sp³-hybridized carbons (Fsp3) is 0.370. The molecule has 1 aromatic carbocycles. The lowest BCUT2D eigenvalue weighted by molar-refractivity contribution is -0.0532. The molecule has 198 valence electrons. The van der Waals surface area contributed by atoms with Gasteiger partial charge in [-0.2, -0.15) is 15.5 Å². The van der Waals surface area contributed by atoms with Crippen molar-refractivity contribution in [1.29, 1.82) is 5.26 Å². The maximum atomic E-state index is 15.4. The van der Waals surface area contributed by atoms with Crippen LogP contribution in [0.4, 0.5) is 20.8 Å². The van der Waals surface area contributed by atoms with Crippen molar-refractivity contribution in [2.45, 2.75) is 55.8 Å². The number of nitriles is 1. The maximum Gasteiger partial charge on any atom is 0.407 e. The van der Waals surface area contributed by atoms with Gasteiger partial charge in [-0.3, -0.25) is 5.10 Å². The van der Waals surface area contributed by atoms with Crippen LogP contribution in [-0.2, 0) is 4.74 Å². The van der Waals surface area contributed by atoms with E-state index in [0.29, 0.717) is 52.1 Å². The first-order chi connectivity index (χ1) is 18.9. The van der Waals surface area contributed by atoms with Gasteiger partial charge in [-0.05, 0) is 50.2 Å². The second-order valence-corrected chi connectivity index (χ2v) is 11.1. The minimum Gasteiger partial charge on any atom is -0.443 e. The van der Waals surface area contributed by atoms with Gasteiger partial charge in [0.2, 0.25) is 0 Å². The molecule has 0 spiro atoms. The van der Waals surface area contributed by atoms with Crippen LogP contribution in [0.2, 0.25) is 5.15 Å². The van der Waals surface area contributed by atoms with E-state index in [1.165, 1.54) is 0 Å². The van der Waals surface area contributed by atoms with Gasteiger partial charge in [0.15, 0.2) is 16.8 Å². The van der Waals surface area contributed by atoms with E-state index in [1.54, 1.807) is 41.0 Å². The zero-order valence-corrected chi connectivity index (χ0v) is 21.5.